The lowest BCUT2D eigenvalue weighted by atomic mass is 10.0. The van der Waals surface area contributed by atoms with E-state index in [1.165, 1.54) is 25.6 Å². The van der Waals surface area contributed by atoms with Gasteiger partial charge in [-0.15, -0.1) is 0 Å². The molecule has 2 aromatic heterocycles. The van der Waals surface area contributed by atoms with E-state index in [-0.39, 0.29) is 29.3 Å². The van der Waals surface area contributed by atoms with Crippen molar-refractivity contribution < 1.29 is 14.0 Å². The van der Waals surface area contributed by atoms with Gasteiger partial charge in [0.2, 0.25) is 5.91 Å². The predicted octanol–water partition coefficient (Wildman–Crippen LogP) is 3.01. The molecule has 1 aliphatic heterocycles. The first kappa shape index (κ1) is 18.4. The van der Waals surface area contributed by atoms with E-state index < -0.39 is 0 Å². The van der Waals surface area contributed by atoms with Crippen molar-refractivity contribution in [3.8, 4) is 17.3 Å². The molecule has 29 heavy (non-hydrogen) atoms. The van der Waals surface area contributed by atoms with Crippen molar-refractivity contribution in [2.75, 3.05) is 16.3 Å². The van der Waals surface area contributed by atoms with Gasteiger partial charge in [0.15, 0.2) is 11.5 Å². The van der Waals surface area contributed by atoms with Gasteiger partial charge in [-0.25, -0.2) is 4.98 Å². The molecule has 0 aliphatic carbocycles. The maximum absolute atomic E-state index is 13.0. The molecule has 1 aliphatic rings. The number of hydrogen-bond acceptors (Lipinski definition) is 6. The van der Waals surface area contributed by atoms with Gasteiger partial charge in [0.05, 0.1) is 41.8 Å². The molecule has 0 spiro atoms. The van der Waals surface area contributed by atoms with Crippen molar-refractivity contribution in [3.05, 3.63) is 60.4 Å². The lowest BCUT2D eigenvalue weighted by molar-refractivity contribution is -0.117. The van der Waals surface area contributed by atoms with Crippen LogP contribution in [0.2, 0.25) is 0 Å². The molecule has 8 nitrogen and oxygen atoms in total. The van der Waals surface area contributed by atoms with Gasteiger partial charge >= 0.3 is 0 Å². The van der Waals surface area contributed by atoms with E-state index in [2.05, 4.69) is 9.97 Å². The maximum atomic E-state index is 13.0. The fraction of sp³-hybridized carbons (Fsp3) is 0.190. The second-order valence-electron chi connectivity index (χ2n) is 6.73. The molecule has 0 saturated carbocycles. The molecule has 4 rings (SSSR count). The number of carbonyl (C=O) groups excluding carboxylic acids is 2. The first-order valence-corrected chi connectivity index (χ1v) is 9.01. The summed E-state index contributed by atoms with van der Waals surface area (Å²) in [6, 6.07) is 10.4. The lowest BCUT2D eigenvalue weighted by Gasteiger charge is -2.40. The molecule has 144 valence electrons. The molecule has 3 aromatic rings. The lowest BCUT2D eigenvalue weighted by Crippen LogP contribution is -2.51. The van der Waals surface area contributed by atoms with Crippen LogP contribution in [0.3, 0.4) is 0 Å². The number of nitrogens with zero attached hydrogens (tertiary/aromatic N) is 5. The Morgan fingerprint density at radius 3 is 2.66 bits per heavy atom. The third-order valence-corrected chi connectivity index (χ3v) is 4.79. The number of benzene rings is 1. The van der Waals surface area contributed by atoms with Crippen molar-refractivity contribution in [1.82, 2.24) is 9.97 Å². The van der Waals surface area contributed by atoms with Crippen molar-refractivity contribution >= 4 is 23.2 Å². The molecule has 0 radical (unpaired) electrons. The minimum atomic E-state index is -0.283. The average Bonchev–Trinajstić information content (AvgIpc) is 3.27. The highest BCUT2D eigenvalue weighted by Gasteiger charge is 2.35. The molecule has 3 heterocycles. The van der Waals surface area contributed by atoms with Crippen molar-refractivity contribution in [2.45, 2.75) is 19.9 Å². The fourth-order valence-electron chi connectivity index (χ4n) is 3.52. The van der Waals surface area contributed by atoms with Crippen molar-refractivity contribution in [2.24, 2.45) is 0 Å². The standard InChI is InChI=1S/C21H17N5O3/c1-13-12-25(21(28)20-4-3-7-29-20)19-8-15(5-6-18(19)26(13)14(2)27)17-11-23-16(9-22)10-24-17/h3-8,10-11,13H,12H2,1-2H3/t13-/m0/s1. The number of carbonyl (C=O) groups is 2. The normalized spacial score (nSPS) is 15.6. The Kier molecular flexibility index (Phi) is 4.56. The number of fused-ring (bicyclic) bond motifs is 1. The zero-order valence-electron chi connectivity index (χ0n) is 15.9. The number of nitriles is 1. The molecular formula is C21H17N5O3. The fourth-order valence-corrected chi connectivity index (χ4v) is 3.52. The van der Waals surface area contributed by atoms with E-state index in [0.717, 1.165) is 5.56 Å². The van der Waals surface area contributed by atoms with Crippen LogP contribution in [0.25, 0.3) is 11.3 Å². The SMILES string of the molecule is CC(=O)N1c2ccc(-c3cnc(C#N)cn3)cc2N(C(=O)c2ccco2)C[C@@H]1C. The topological polar surface area (TPSA) is 103 Å². The summed E-state index contributed by atoms with van der Waals surface area (Å²) in [6.45, 7) is 3.73. The summed E-state index contributed by atoms with van der Waals surface area (Å²) in [7, 11) is 0. The molecule has 0 fully saturated rings. The number of hydrogen-bond donors (Lipinski definition) is 0. The first-order chi connectivity index (χ1) is 14.0. The molecule has 0 bridgehead atoms. The molecule has 0 saturated heterocycles. The van der Waals surface area contributed by atoms with Gasteiger partial charge in [0.25, 0.3) is 5.91 Å². The van der Waals surface area contributed by atoms with Crippen LogP contribution in [0.1, 0.15) is 30.1 Å². The summed E-state index contributed by atoms with van der Waals surface area (Å²) in [5, 5.41) is 8.91. The number of aromatic nitrogens is 2. The molecule has 2 amide bonds. The van der Waals surface area contributed by atoms with Crippen LogP contribution in [0, 0.1) is 11.3 Å². The number of furan rings is 1. The summed E-state index contributed by atoms with van der Waals surface area (Å²) in [6.07, 6.45) is 4.35. The van der Waals surface area contributed by atoms with Crippen LogP contribution in [-0.4, -0.2) is 34.4 Å². The van der Waals surface area contributed by atoms with Gasteiger partial charge in [0, 0.05) is 19.0 Å². The summed E-state index contributed by atoms with van der Waals surface area (Å²) < 4.78 is 5.29. The summed E-state index contributed by atoms with van der Waals surface area (Å²) in [4.78, 5) is 36.9. The molecule has 1 atom stereocenters. The van der Waals surface area contributed by atoms with E-state index in [9.17, 15) is 9.59 Å². The average molecular weight is 387 g/mol. The van der Waals surface area contributed by atoms with E-state index in [1.54, 1.807) is 34.1 Å². The highest BCUT2D eigenvalue weighted by atomic mass is 16.3. The van der Waals surface area contributed by atoms with Crippen LogP contribution in [-0.2, 0) is 4.79 Å². The largest absolute Gasteiger partial charge is 0.459 e. The first-order valence-electron chi connectivity index (χ1n) is 9.01. The van der Waals surface area contributed by atoms with E-state index in [4.69, 9.17) is 9.68 Å². The highest BCUT2D eigenvalue weighted by molar-refractivity contribution is 6.09. The summed E-state index contributed by atoms with van der Waals surface area (Å²) >= 11 is 0. The third-order valence-electron chi connectivity index (χ3n) is 4.79. The monoisotopic (exact) mass is 387 g/mol. The number of rotatable bonds is 2. The smallest absolute Gasteiger partial charge is 0.294 e. The van der Waals surface area contributed by atoms with Crippen LogP contribution in [0.5, 0.6) is 0 Å². The van der Waals surface area contributed by atoms with Gasteiger partial charge in [-0.3, -0.25) is 14.6 Å². The van der Waals surface area contributed by atoms with Gasteiger partial charge in [-0.05, 0) is 31.2 Å². The zero-order chi connectivity index (χ0) is 20.5. The third kappa shape index (κ3) is 3.23. The molecule has 0 unspecified atom stereocenters. The summed E-state index contributed by atoms with van der Waals surface area (Å²) in [5.41, 5.74) is 2.73. The Balaban J connectivity index is 1.83. The van der Waals surface area contributed by atoms with Crippen LogP contribution in [0.4, 0.5) is 11.4 Å². The Hall–Kier alpha value is -3.99. The highest BCUT2D eigenvalue weighted by Crippen LogP contribution is 2.39. The molecular weight excluding hydrogens is 370 g/mol. The quantitative estimate of drug-likeness (QED) is 0.670. The Labute approximate surface area is 167 Å². The van der Waals surface area contributed by atoms with Crippen molar-refractivity contribution in [3.63, 3.8) is 0 Å². The Morgan fingerprint density at radius 1 is 1.21 bits per heavy atom. The predicted molar refractivity (Wildman–Crippen MR) is 105 cm³/mol. The molecule has 0 N–H and O–H groups in total. The molecule has 1 aromatic carbocycles. The van der Waals surface area contributed by atoms with E-state index >= 15 is 0 Å². The minimum Gasteiger partial charge on any atom is -0.459 e. The second kappa shape index (κ2) is 7.20. The number of anilines is 2. The van der Waals surface area contributed by atoms with Gasteiger partial charge < -0.3 is 14.2 Å². The van der Waals surface area contributed by atoms with Crippen LogP contribution < -0.4 is 9.80 Å². The van der Waals surface area contributed by atoms with Crippen molar-refractivity contribution in [1.29, 1.82) is 5.26 Å². The number of amides is 2. The van der Waals surface area contributed by atoms with E-state index in [1.807, 2.05) is 19.1 Å². The Bertz CT molecular complexity index is 1120. The van der Waals surface area contributed by atoms with Gasteiger partial charge in [-0.2, -0.15) is 5.26 Å². The minimum absolute atomic E-state index is 0.102. The van der Waals surface area contributed by atoms with Gasteiger partial charge in [0.1, 0.15) is 6.07 Å². The van der Waals surface area contributed by atoms with E-state index in [0.29, 0.717) is 23.6 Å². The van der Waals surface area contributed by atoms with Crippen LogP contribution in [0.15, 0.2) is 53.4 Å². The van der Waals surface area contributed by atoms with Crippen LogP contribution >= 0.6 is 0 Å². The zero-order valence-corrected chi connectivity index (χ0v) is 15.9. The molecule has 8 heteroatoms. The second-order valence-corrected chi connectivity index (χ2v) is 6.73. The Morgan fingerprint density at radius 2 is 2.03 bits per heavy atom. The maximum Gasteiger partial charge on any atom is 0.294 e. The summed E-state index contributed by atoms with van der Waals surface area (Å²) in [5.74, 6) is -0.160. The van der Waals surface area contributed by atoms with Gasteiger partial charge in [-0.1, -0.05) is 6.07 Å².